The predicted octanol–water partition coefficient (Wildman–Crippen LogP) is 6.28. The van der Waals surface area contributed by atoms with E-state index < -0.39 is 34.6 Å². The van der Waals surface area contributed by atoms with E-state index in [1.165, 1.54) is 0 Å². The highest BCUT2D eigenvalue weighted by Crippen LogP contribution is 2.48. The smallest absolute Gasteiger partial charge is 0.261 e. The Labute approximate surface area is 271 Å². The van der Waals surface area contributed by atoms with E-state index in [4.69, 9.17) is 23.1 Å². The highest BCUT2D eigenvalue weighted by molar-refractivity contribution is 6.99. The summed E-state index contributed by atoms with van der Waals surface area (Å²) in [4.78, 5) is 0. The van der Waals surface area contributed by atoms with E-state index in [9.17, 15) is 10.2 Å². The van der Waals surface area contributed by atoms with E-state index in [2.05, 4.69) is 103 Å². The van der Waals surface area contributed by atoms with Gasteiger partial charge in [-0.25, -0.2) is 0 Å². The highest BCUT2D eigenvalue weighted by atomic mass is 28.4. The van der Waals surface area contributed by atoms with Crippen molar-refractivity contribution in [1.29, 1.82) is 0 Å². The molecule has 45 heavy (non-hydrogen) atoms. The normalized spacial score (nSPS) is 15.9. The Balaban J connectivity index is 1.81. The number of hydrogen-bond acceptors (Lipinski definition) is 7. The molecule has 4 rings (SSSR count). The van der Waals surface area contributed by atoms with Crippen LogP contribution in [0.25, 0.3) is 0 Å². The van der Waals surface area contributed by atoms with Gasteiger partial charge in [0.05, 0.1) is 13.2 Å². The van der Waals surface area contributed by atoms with Gasteiger partial charge in [-0.05, 0) is 39.6 Å². The third-order valence-electron chi connectivity index (χ3n) is 9.63. The molecular formula is C36H52O7Si2. The van der Waals surface area contributed by atoms with Crippen molar-refractivity contribution in [2.75, 3.05) is 33.7 Å². The predicted molar refractivity (Wildman–Crippen MR) is 185 cm³/mol. The second-order valence-corrected chi connectivity index (χ2v) is 23.6. The fourth-order valence-corrected chi connectivity index (χ4v) is 11.9. The van der Waals surface area contributed by atoms with Gasteiger partial charge in [0.1, 0.15) is 5.75 Å². The Hall–Kier alpha value is -2.67. The molecule has 7 nitrogen and oxygen atoms in total. The minimum Gasteiger partial charge on any atom is -0.496 e. The van der Waals surface area contributed by atoms with Gasteiger partial charge < -0.3 is 33.3 Å². The molecule has 9 heteroatoms. The third kappa shape index (κ3) is 7.19. The molecule has 0 aliphatic carbocycles. The van der Waals surface area contributed by atoms with Gasteiger partial charge in [-0.3, -0.25) is 0 Å². The topological polar surface area (TPSA) is 86.6 Å². The maximum atomic E-state index is 11.1. The summed E-state index contributed by atoms with van der Waals surface area (Å²) >= 11 is 0. The zero-order valence-electron chi connectivity index (χ0n) is 28.4. The van der Waals surface area contributed by atoms with Crippen molar-refractivity contribution in [2.45, 2.75) is 70.8 Å². The van der Waals surface area contributed by atoms with E-state index >= 15 is 0 Å². The van der Waals surface area contributed by atoms with E-state index in [0.29, 0.717) is 17.2 Å². The van der Waals surface area contributed by atoms with Crippen LogP contribution in [0.3, 0.4) is 0 Å². The number of aliphatic hydroxyl groups is 2. The molecule has 0 saturated heterocycles. The Kier molecular flexibility index (Phi) is 10.9. The molecule has 3 aromatic carbocycles. The van der Waals surface area contributed by atoms with Crippen LogP contribution in [0.4, 0.5) is 0 Å². The quantitative estimate of drug-likeness (QED) is 0.210. The van der Waals surface area contributed by atoms with Gasteiger partial charge >= 0.3 is 0 Å². The number of fused-ring (bicyclic) bond motifs is 1. The fraction of sp³-hybridized carbons (Fsp3) is 0.500. The fourth-order valence-electron chi connectivity index (χ4n) is 6.01. The van der Waals surface area contributed by atoms with Crippen molar-refractivity contribution in [2.24, 2.45) is 11.8 Å². The summed E-state index contributed by atoms with van der Waals surface area (Å²) in [5, 5.41) is 24.1. The molecule has 0 amide bonds. The Morgan fingerprint density at radius 1 is 0.778 bits per heavy atom. The van der Waals surface area contributed by atoms with Crippen LogP contribution < -0.4 is 24.6 Å². The largest absolute Gasteiger partial charge is 0.496 e. The van der Waals surface area contributed by atoms with Crippen molar-refractivity contribution in [3.05, 3.63) is 78.4 Å². The summed E-state index contributed by atoms with van der Waals surface area (Å²) in [5.74, 6) is 0.857. The van der Waals surface area contributed by atoms with Crippen molar-refractivity contribution in [3.8, 4) is 17.2 Å². The van der Waals surface area contributed by atoms with Crippen LogP contribution in [0, 0.1) is 11.8 Å². The molecule has 0 unspecified atom stereocenters. The highest BCUT2D eigenvalue weighted by Gasteiger charge is 2.51. The lowest BCUT2D eigenvalue weighted by Gasteiger charge is -2.45. The summed E-state index contributed by atoms with van der Waals surface area (Å²) < 4.78 is 31.7. The maximum Gasteiger partial charge on any atom is 0.261 e. The van der Waals surface area contributed by atoms with Gasteiger partial charge in [0.2, 0.25) is 6.79 Å². The molecule has 0 saturated carbocycles. The second kappa shape index (κ2) is 14.0. The Morgan fingerprint density at radius 3 is 1.76 bits per heavy atom. The molecular weight excluding hydrogens is 601 g/mol. The van der Waals surface area contributed by atoms with Crippen LogP contribution in [0.5, 0.6) is 17.2 Å². The summed E-state index contributed by atoms with van der Waals surface area (Å²) in [5.41, 5.74) is 0.759. The lowest BCUT2D eigenvalue weighted by atomic mass is 9.85. The number of methoxy groups -OCH3 is 1. The minimum absolute atomic E-state index is 0.102. The first-order valence-corrected chi connectivity index (χ1v) is 20.6. The number of aliphatic hydroxyl groups excluding tert-OH is 2. The second-order valence-electron chi connectivity index (χ2n) is 14.5. The molecule has 3 atom stereocenters. The van der Waals surface area contributed by atoms with Crippen LogP contribution in [0.15, 0.2) is 72.8 Å². The lowest BCUT2D eigenvalue weighted by Crippen LogP contribution is -2.67. The minimum atomic E-state index is -2.90. The van der Waals surface area contributed by atoms with E-state index in [0.717, 1.165) is 15.9 Å². The van der Waals surface area contributed by atoms with E-state index in [1.807, 2.05) is 24.3 Å². The molecule has 0 spiro atoms. The molecule has 3 aromatic rings. The SMILES string of the molecule is COc1cc2c(cc1[C@H](O[Si](C)(C)C(C)(C)C)[C@H](CO)[C@H](CO)CO[Si](c1ccccc1)(c1ccccc1)C(C)(C)C)OCO2. The van der Waals surface area contributed by atoms with Gasteiger partial charge in [-0.1, -0.05) is 102 Å². The van der Waals surface area contributed by atoms with Gasteiger partial charge in [-0.2, -0.15) is 0 Å². The zero-order chi connectivity index (χ0) is 33.0. The third-order valence-corrected chi connectivity index (χ3v) is 19.1. The molecule has 0 fully saturated rings. The van der Waals surface area contributed by atoms with Crippen molar-refractivity contribution in [1.82, 2.24) is 0 Å². The van der Waals surface area contributed by atoms with Crippen LogP contribution in [0.2, 0.25) is 23.2 Å². The van der Waals surface area contributed by atoms with Crippen molar-refractivity contribution in [3.63, 3.8) is 0 Å². The van der Waals surface area contributed by atoms with Crippen LogP contribution in [0.1, 0.15) is 53.2 Å². The van der Waals surface area contributed by atoms with Crippen LogP contribution >= 0.6 is 0 Å². The van der Waals surface area contributed by atoms with E-state index in [-0.39, 0.29) is 36.7 Å². The molecule has 1 heterocycles. The summed E-state index contributed by atoms with van der Waals surface area (Å²) in [7, 11) is -3.67. The molecule has 0 bridgehead atoms. The maximum absolute atomic E-state index is 11.1. The van der Waals surface area contributed by atoms with Crippen molar-refractivity contribution < 1.29 is 33.3 Å². The molecule has 1 aliphatic rings. The average molecular weight is 653 g/mol. The van der Waals surface area contributed by atoms with Gasteiger partial charge in [0, 0.05) is 43.3 Å². The first kappa shape index (κ1) is 35.2. The molecule has 0 radical (unpaired) electrons. The van der Waals surface area contributed by atoms with Crippen LogP contribution in [-0.4, -0.2) is 60.6 Å². The van der Waals surface area contributed by atoms with E-state index in [1.54, 1.807) is 7.11 Å². The lowest BCUT2D eigenvalue weighted by molar-refractivity contribution is -0.0000461. The first-order chi connectivity index (χ1) is 21.2. The Bertz CT molecular complexity index is 1340. The summed E-state index contributed by atoms with van der Waals surface area (Å²) in [6, 6.07) is 24.6. The molecule has 2 N–H and O–H groups in total. The Morgan fingerprint density at radius 2 is 1.31 bits per heavy atom. The number of ether oxygens (including phenoxy) is 3. The standard InChI is InChI=1S/C36H52O7Si2/c1-35(2,3)44(8,9)43-34(29-20-32-33(41-25-40-32)21-31(29)39-7)30(23-38)26(22-37)24-42-45(36(4,5)6,27-16-12-10-13-17-27)28-18-14-11-15-19-28/h10-21,26,30,34,37-38H,22-25H2,1-9H3/t26-,30-,34+/m1/s1. The van der Waals surface area contributed by atoms with Gasteiger partial charge in [0.25, 0.3) is 8.32 Å². The summed E-state index contributed by atoms with van der Waals surface area (Å²) in [6.07, 6.45) is -0.597. The van der Waals surface area contributed by atoms with Crippen LogP contribution in [-0.2, 0) is 8.85 Å². The molecule has 1 aliphatic heterocycles. The first-order valence-electron chi connectivity index (χ1n) is 15.8. The van der Waals surface area contributed by atoms with Gasteiger partial charge in [-0.15, -0.1) is 0 Å². The number of rotatable bonds is 13. The monoisotopic (exact) mass is 652 g/mol. The molecule has 246 valence electrons. The number of hydrogen-bond donors (Lipinski definition) is 2. The van der Waals surface area contributed by atoms with Crippen molar-refractivity contribution >= 4 is 27.0 Å². The molecule has 0 aromatic heterocycles. The summed E-state index contributed by atoms with van der Waals surface area (Å²) in [6.45, 7) is 17.6. The zero-order valence-corrected chi connectivity index (χ0v) is 30.4. The average Bonchev–Trinajstić information content (AvgIpc) is 3.46. The van der Waals surface area contributed by atoms with Gasteiger partial charge in [0.15, 0.2) is 19.8 Å². The number of benzene rings is 3.